The van der Waals surface area contributed by atoms with E-state index in [1.54, 1.807) is 66.7 Å². The first-order chi connectivity index (χ1) is 20.3. The van der Waals surface area contributed by atoms with Gasteiger partial charge in [0.1, 0.15) is 22.9 Å². The van der Waals surface area contributed by atoms with Gasteiger partial charge < -0.3 is 20.1 Å². The first kappa shape index (κ1) is 33.2. The van der Waals surface area contributed by atoms with Gasteiger partial charge in [-0.25, -0.2) is 9.69 Å². The van der Waals surface area contributed by atoms with E-state index in [1.807, 2.05) is 19.1 Å². The molecule has 4 amide bonds. The van der Waals surface area contributed by atoms with E-state index in [2.05, 4.69) is 18.7 Å². The standard InChI is InChI=1S/C33H38N4O5.ClH/c1-4-20-36-30(23-24-8-14-28(15-9-24)42-29-16-10-25(11-17-29)31(34)38)32(39)37(33(36)40)26-12-18-27(19-13-26)41-22-7-21-35(5-2)6-3;/h8-19,23H,4-7,20-22H2,1-3H3,(H2,34,38);1H. The van der Waals surface area contributed by atoms with E-state index in [4.69, 9.17) is 15.2 Å². The van der Waals surface area contributed by atoms with Gasteiger partial charge in [-0.2, -0.15) is 0 Å². The minimum Gasteiger partial charge on any atom is -0.494 e. The van der Waals surface area contributed by atoms with E-state index in [-0.39, 0.29) is 24.3 Å². The summed E-state index contributed by atoms with van der Waals surface area (Å²) in [4.78, 5) is 43.2. The Morgan fingerprint density at radius 3 is 2.00 bits per heavy atom. The maximum Gasteiger partial charge on any atom is 0.336 e. The molecule has 9 nitrogen and oxygen atoms in total. The summed E-state index contributed by atoms with van der Waals surface area (Å²) in [5.41, 5.74) is 7.25. The van der Waals surface area contributed by atoms with Gasteiger partial charge in [0, 0.05) is 18.7 Å². The highest BCUT2D eigenvalue weighted by Crippen LogP contribution is 2.31. The molecule has 3 aromatic carbocycles. The highest BCUT2D eigenvalue weighted by molar-refractivity contribution is 6.28. The number of imide groups is 1. The third-order valence-corrected chi connectivity index (χ3v) is 7.02. The monoisotopic (exact) mass is 606 g/mol. The Morgan fingerprint density at radius 1 is 0.860 bits per heavy atom. The van der Waals surface area contributed by atoms with Crippen molar-refractivity contribution in [3.8, 4) is 17.2 Å². The van der Waals surface area contributed by atoms with Crippen molar-refractivity contribution in [2.75, 3.05) is 37.7 Å². The largest absolute Gasteiger partial charge is 0.494 e. The molecule has 4 rings (SSSR count). The zero-order valence-electron chi connectivity index (χ0n) is 24.8. The lowest BCUT2D eigenvalue weighted by molar-refractivity contribution is -0.114. The average Bonchev–Trinajstić information content (AvgIpc) is 3.23. The topological polar surface area (TPSA) is 105 Å². The lowest BCUT2D eigenvalue weighted by atomic mass is 10.1. The maximum absolute atomic E-state index is 13.5. The van der Waals surface area contributed by atoms with Crippen LogP contribution in [-0.2, 0) is 4.79 Å². The second-order valence-electron chi connectivity index (χ2n) is 9.89. The average molecular weight is 607 g/mol. The number of nitrogens with zero attached hydrogens (tertiary/aromatic N) is 3. The summed E-state index contributed by atoms with van der Waals surface area (Å²) in [6.45, 7) is 10.3. The molecule has 1 aliphatic heterocycles. The number of amides is 4. The molecule has 1 saturated heterocycles. The van der Waals surface area contributed by atoms with Gasteiger partial charge in [0.25, 0.3) is 5.91 Å². The number of rotatable bonds is 14. The van der Waals surface area contributed by atoms with Gasteiger partial charge in [0.15, 0.2) is 0 Å². The number of anilines is 1. The van der Waals surface area contributed by atoms with Crippen molar-refractivity contribution in [1.82, 2.24) is 9.80 Å². The smallest absolute Gasteiger partial charge is 0.336 e. The van der Waals surface area contributed by atoms with Gasteiger partial charge in [-0.15, -0.1) is 12.4 Å². The van der Waals surface area contributed by atoms with Crippen LogP contribution in [0.25, 0.3) is 6.08 Å². The number of ether oxygens (including phenoxy) is 2. The van der Waals surface area contributed by atoms with E-state index in [0.29, 0.717) is 53.8 Å². The summed E-state index contributed by atoms with van der Waals surface area (Å²) in [6.07, 6.45) is 3.34. The summed E-state index contributed by atoms with van der Waals surface area (Å²) in [6, 6.07) is 20.4. The van der Waals surface area contributed by atoms with Gasteiger partial charge in [-0.3, -0.25) is 14.5 Å². The molecule has 3 aromatic rings. The molecular formula is C33H39ClN4O5. The zero-order valence-corrected chi connectivity index (χ0v) is 25.6. The Labute approximate surface area is 259 Å². The third kappa shape index (κ3) is 8.37. The lowest BCUT2D eigenvalue weighted by Gasteiger charge is -2.18. The van der Waals surface area contributed by atoms with Crippen molar-refractivity contribution in [2.24, 2.45) is 5.73 Å². The Kier molecular flexibility index (Phi) is 12.2. The number of benzene rings is 3. The number of carbonyl (C=O) groups excluding carboxylic acids is 3. The molecule has 0 bridgehead atoms. The zero-order chi connectivity index (χ0) is 30.1. The molecule has 10 heteroatoms. The summed E-state index contributed by atoms with van der Waals surface area (Å²) in [7, 11) is 0. The van der Waals surface area contributed by atoms with Crippen LogP contribution < -0.4 is 20.1 Å². The van der Waals surface area contributed by atoms with Crippen LogP contribution in [0.2, 0.25) is 0 Å². The fourth-order valence-electron chi connectivity index (χ4n) is 4.67. The highest BCUT2D eigenvalue weighted by atomic mass is 35.5. The second kappa shape index (κ2) is 15.8. The molecule has 0 unspecified atom stereocenters. The van der Waals surface area contributed by atoms with Gasteiger partial charge in [0.05, 0.1) is 12.3 Å². The molecule has 1 fully saturated rings. The van der Waals surface area contributed by atoms with E-state index in [1.165, 1.54) is 9.80 Å². The molecule has 0 radical (unpaired) electrons. The van der Waals surface area contributed by atoms with Gasteiger partial charge in [-0.1, -0.05) is 32.9 Å². The third-order valence-electron chi connectivity index (χ3n) is 7.02. The minimum absolute atomic E-state index is 0. The molecule has 0 spiro atoms. The number of carbonyl (C=O) groups is 3. The summed E-state index contributed by atoms with van der Waals surface area (Å²) >= 11 is 0. The van der Waals surface area contributed by atoms with Crippen LogP contribution in [0.1, 0.15) is 49.5 Å². The Morgan fingerprint density at radius 2 is 1.44 bits per heavy atom. The van der Waals surface area contributed by atoms with Crippen molar-refractivity contribution < 1.29 is 23.9 Å². The van der Waals surface area contributed by atoms with Crippen molar-refractivity contribution in [3.05, 3.63) is 89.6 Å². The predicted molar refractivity (Wildman–Crippen MR) is 171 cm³/mol. The van der Waals surface area contributed by atoms with Gasteiger partial charge in [-0.05, 0) is 98.2 Å². The van der Waals surface area contributed by atoms with Crippen molar-refractivity contribution in [1.29, 1.82) is 0 Å². The summed E-state index contributed by atoms with van der Waals surface area (Å²) in [5, 5.41) is 0. The number of urea groups is 1. The maximum atomic E-state index is 13.5. The molecule has 43 heavy (non-hydrogen) atoms. The minimum atomic E-state index is -0.502. The number of primary amides is 1. The first-order valence-corrected chi connectivity index (χ1v) is 14.3. The quantitative estimate of drug-likeness (QED) is 0.131. The van der Waals surface area contributed by atoms with Crippen LogP contribution >= 0.6 is 12.4 Å². The summed E-state index contributed by atoms with van der Waals surface area (Å²) in [5.74, 6) is 0.960. The van der Waals surface area contributed by atoms with Crippen LogP contribution in [0.4, 0.5) is 10.5 Å². The van der Waals surface area contributed by atoms with Gasteiger partial charge in [0.2, 0.25) is 5.91 Å². The fraction of sp³-hybridized carbons (Fsp3) is 0.303. The molecule has 2 N–H and O–H groups in total. The molecule has 0 aliphatic carbocycles. The van der Waals surface area contributed by atoms with E-state index in [9.17, 15) is 14.4 Å². The number of nitrogens with two attached hydrogens (primary N) is 1. The van der Waals surface area contributed by atoms with Crippen molar-refractivity contribution >= 4 is 42.0 Å². The van der Waals surface area contributed by atoms with E-state index < -0.39 is 5.91 Å². The Bertz CT molecular complexity index is 1400. The number of halogens is 1. The molecule has 0 aromatic heterocycles. The van der Waals surface area contributed by atoms with E-state index >= 15 is 0 Å². The molecule has 0 saturated carbocycles. The molecular weight excluding hydrogens is 568 g/mol. The fourth-order valence-corrected chi connectivity index (χ4v) is 4.67. The molecule has 0 atom stereocenters. The molecule has 1 aliphatic rings. The van der Waals surface area contributed by atoms with E-state index in [0.717, 1.165) is 31.6 Å². The SMILES string of the molecule is CCCN1C(=O)N(c2ccc(OCCCN(CC)CC)cc2)C(=O)C1=Cc1ccc(Oc2ccc(C(N)=O)cc2)cc1.Cl. The van der Waals surface area contributed by atoms with Crippen LogP contribution in [-0.4, -0.2) is 60.4 Å². The van der Waals surface area contributed by atoms with Crippen molar-refractivity contribution in [3.63, 3.8) is 0 Å². The predicted octanol–water partition coefficient (Wildman–Crippen LogP) is 6.33. The Balaban J connectivity index is 0.00000506. The number of hydrogen-bond donors (Lipinski definition) is 1. The normalized spacial score (nSPS) is 13.9. The van der Waals surface area contributed by atoms with Crippen molar-refractivity contribution in [2.45, 2.75) is 33.6 Å². The van der Waals surface area contributed by atoms with Crippen LogP contribution in [0.15, 0.2) is 78.5 Å². The van der Waals surface area contributed by atoms with Crippen LogP contribution in [0, 0.1) is 0 Å². The van der Waals surface area contributed by atoms with Gasteiger partial charge >= 0.3 is 6.03 Å². The van der Waals surface area contributed by atoms with Crippen LogP contribution in [0.5, 0.6) is 17.2 Å². The Hall–Kier alpha value is -4.34. The molecule has 1 heterocycles. The first-order valence-electron chi connectivity index (χ1n) is 14.3. The lowest BCUT2D eigenvalue weighted by Crippen LogP contribution is -2.33. The second-order valence-corrected chi connectivity index (χ2v) is 9.89. The number of hydrogen-bond acceptors (Lipinski definition) is 6. The molecule has 228 valence electrons. The van der Waals surface area contributed by atoms with Crippen LogP contribution in [0.3, 0.4) is 0 Å². The highest BCUT2D eigenvalue weighted by Gasteiger charge is 2.41. The summed E-state index contributed by atoms with van der Waals surface area (Å²) < 4.78 is 11.7.